The van der Waals surface area contributed by atoms with Crippen molar-refractivity contribution in [3.63, 3.8) is 0 Å². The first kappa shape index (κ1) is 15.4. The molecule has 2 unspecified atom stereocenters. The lowest BCUT2D eigenvalue weighted by Gasteiger charge is -2.33. The number of benzene rings is 1. The molecule has 0 aliphatic carbocycles. The fraction of sp³-hybridized carbons (Fsp3) is 0.500. The molecule has 0 aliphatic rings. The van der Waals surface area contributed by atoms with E-state index in [-0.39, 0.29) is 24.4 Å². The highest BCUT2D eigenvalue weighted by Gasteiger charge is 2.24. The lowest BCUT2D eigenvalue weighted by molar-refractivity contribution is -0.139. The molecule has 106 valence electrons. The minimum Gasteiger partial charge on any atom is -0.508 e. The highest BCUT2D eigenvalue weighted by Crippen LogP contribution is 2.27. The first-order valence-corrected chi connectivity index (χ1v) is 6.32. The Kier molecular flexibility index (Phi) is 5.30. The third-order valence-corrected chi connectivity index (χ3v) is 3.41. The first-order valence-electron chi connectivity index (χ1n) is 6.32. The van der Waals surface area contributed by atoms with Crippen molar-refractivity contribution in [3.05, 3.63) is 29.6 Å². The quantitative estimate of drug-likeness (QED) is 0.833. The van der Waals surface area contributed by atoms with Gasteiger partial charge in [-0.05, 0) is 26.3 Å². The number of aliphatic carboxylic acids is 1. The molecule has 1 aromatic rings. The Morgan fingerprint density at radius 2 is 2.05 bits per heavy atom. The van der Waals surface area contributed by atoms with Gasteiger partial charge in [0, 0.05) is 23.7 Å². The molecule has 19 heavy (non-hydrogen) atoms. The minimum absolute atomic E-state index is 0.0271. The van der Waals surface area contributed by atoms with Crippen molar-refractivity contribution < 1.29 is 19.4 Å². The van der Waals surface area contributed by atoms with Crippen molar-refractivity contribution in [3.8, 4) is 5.75 Å². The zero-order valence-electron chi connectivity index (χ0n) is 11.4. The van der Waals surface area contributed by atoms with Gasteiger partial charge in [0.2, 0.25) is 0 Å². The summed E-state index contributed by atoms with van der Waals surface area (Å²) >= 11 is 0. The number of rotatable bonds is 6. The Bertz CT molecular complexity index is 450. The number of hydrogen-bond donors (Lipinski definition) is 2. The maximum atomic E-state index is 13.8. The predicted molar refractivity (Wildman–Crippen MR) is 70.6 cm³/mol. The van der Waals surface area contributed by atoms with Crippen LogP contribution in [-0.2, 0) is 4.79 Å². The van der Waals surface area contributed by atoms with Crippen molar-refractivity contribution in [1.82, 2.24) is 4.90 Å². The topological polar surface area (TPSA) is 60.8 Å². The van der Waals surface area contributed by atoms with Gasteiger partial charge in [0.1, 0.15) is 11.6 Å². The zero-order chi connectivity index (χ0) is 14.6. The van der Waals surface area contributed by atoms with E-state index in [4.69, 9.17) is 5.11 Å². The van der Waals surface area contributed by atoms with Gasteiger partial charge < -0.3 is 10.2 Å². The van der Waals surface area contributed by atoms with Crippen LogP contribution in [0.3, 0.4) is 0 Å². The van der Waals surface area contributed by atoms with E-state index in [1.165, 1.54) is 12.1 Å². The maximum absolute atomic E-state index is 13.8. The van der Waals surface area contributed by atoms with Crippen molar-refractivity contribution >= 4 is 5.97 Å². The van der Waals surface area contributed by atoms with E-state index in [9.17, 15) is 14.3 Å². The van der Waals surface area contributed by atoms with Gasteiger partial charge >= 0.3 is 5.97 Å². The van der Waals surface area contributed by atoms with Crippen LogP contribution in [0.15, 0.2) is 18.2 Å². The highest BCUT2D eigenvalue weighted by molar-refractivity contribution is 5.69. The van der Waals surface area contributed by atoms with Gasteiger partial charge in [0.25, 0.3) is 0 Å². The molecule has 0 heterocycles. The van der Waals surface area contributed by atoms with E-state index in [1.54, 1.807) is 11.8 Å². The largest absolute Gasteiger partial charge is 0.508 e. The number of phenolic OH excluding ortho intramolecular Hbond substituents is 1. The molecule has 5 heteroatoms. The first-order chi connectivity index (χ1) is 8.86. The molecule has 0 radical (unpaired) electrons. The Morgan fingerprint density at radius 1 is 1.42 bits per heavy atom. The van der Waals surface area contributed by atoms with Gasteiger partial charge in [0.05, 0.1) is 6.54 Å². The smallest absolute Gasteiger partial charge is 0.317 e. The summed E-state index contributed by atoms with van der Waals surface area (Å²) in [5, 5.41) is 18.2. The minimum atomic E-state index is -0.939. The SMILES string of the molecule is CCC(C)N(CC(=O)O)C(C)c1ccc(O)cc1F. The van der Waals surface area contributed by atoms with Crippen LogP contribution in [0.25, 0.3) is 0 Å². The average Bonchev–Trinajstić information content (AvgIpc) is 2.34. The van der Waals surface area contributed by atoms with Crippen molar-refractivity contribution in [2.75, 3.05) is 6.54 Å². The molecule has 0 spiro atoms. The number of carboxylic acid groups (broad SMARTS) is 1. The summed E-state index contributed by atoms with van der Waals surface area (Å²) in [6.07, 6.45) is 0.775. The second kappa shape index (κ2) is 6.52. The van der Waals surface area contributed by atoms with Crippen LogP contribution in [0.5, 0.6) is 5.75 Å². The van der Waals surface area contributed by atoms with Gasteiger partial charge in [-0.3, -0.25) is 9.69 Å². The van der Waals surface area contributed by atoms with Crippen molar-refractivity contribution in [2.45, 2.75) is 39.3 Å². The molecule has 4 nitrogen and oxygen atoms in total. The molecule has 0 bridgehead atoms. The van der Waals surface area contributed by atoms with Crippen LogP contribution in [0, 0.1) is 5.82 Å². The predicted octanol–water partition coefficient (Wildman–Crippen LogP) is 2.78. The Labute approximate surface area is 112 Å². The summed E-state index contributed by atoms with van der Waals surface area (Å²) in [7, 11) is 0. The third kappa shape index (κ3) is 3.92. The number of halogens is 1. The van der Waals surface area contributed by atoms with Crippen LogP contribution in [0.1, 0.15) is 38.8 Å². The van der Waals surface area contributed by atoms with Crippen molar-refractivity contribution in [2.24, 2.45) is 0 Å². The van der Waals surface area contributed by atoms with E-state index >= 15 is 0 Å². The summed E-state index contributed by atoms with van der Waals surface area (Å²) in [6, 6.07) is 3.60. The third-order valence-electron chi connectivity index (χ3n) is 3.41. The molecule has 1 aromatic carbocycles. The molecular weight excluding hydrogens is 249 g/mol. The van der Waals surface area contributed by atoms with Crippen LogP contribution < -0.4 is 0 Å². The monoisotopic (exact) mass is 269 g/mol. The highest BCUT2D eigenvalue weighted by atomic mass is 19.1. The second-order valence-electron chi connectivity index (χ2n) is 4.71. The molecule has 1 rings (SSSR count). The van der Waals surface area contributed by atoms with Crippen LogP contribution >= 0.6 is 0 Å². The average molecular weight is 269 g/mol. The van der Waals surface area contributed by atoms with Crippen molar-refractivity contribution in [1.29, 1.82) is 0 Å². The maximum Gasteiger partial charge on any atom is 0.317 e. The number of carboxylic acids is 1. The molecule has 0 saturated heterocycles. The molecule has 0 fully saturated rings. The van der Waals surface area contributed by atoms with E-state index in [0.717, 1.165) is 12.5 Å². The van der Waals surface area contributed by atoms with E-state index in [0.29, 0.717) is 5.56 Å². The Balaban J connectivity index is 3.03. The lowest BCUT2D eigenvalue weighted by Crippen LogP contribution is -2.39. The van der Waals surface area contributed by atoms with Gasteiger partial charge in [0.15, 0.2) is 0 Å². The summed E-state index contributed by atoms with van der Waals surface area (Å²) in [4.78, 5) is 12.7. The summed E-state index contributed by atoms with van der Waals surface area (Å²) < 4.78 is 13.8. The number of carbonyl (C=O) groups is 1. The molecule has 0 saturated carbocycles. The normalized spacial score (nSPS) is 14.4. The van der Waals surface area contributed by atoms with Crippen LogP contribution in [0.4, 0.5) is 4.39 Å². The van der Waals surface area contributed by atoms with Gasteiger partial charge in [-0.15, -0.1) is 0 Å². The standard InChI is InChI=1S/C14H20FNO3/c1-4-9(2)16(8-14(18)19)10(3)12-6-5-11(17)7-13(12)15/h5-7,9-10,17H,4,8H2,1-3H3,(H,18,19). The summed E-state index contributed by atoms with van der Waals surface area (Å²) in [6.45, 7) is 5.50. The Hall–Kier alpha value is -1.62. The van der Waals surface area contributed by atoms with E-state index < -0.39 is 11.8 Å². The fourth-order valence-corrected chi connectivity index (χ4v) is 2.10. The van der Waals surface area contributed by atoms with E-state index in [2.05, 4.69) is 0 Å². The fourth-order valence-electron chi connectivity index (χ4n) is 2.10. The van der Waals surface area contributed by atoms with Gasteiger partial charge in [-0.2, -0.15) is 0 Å². The molecule has 0 aliphatic heterocycles. The number of aromatic hydroxyl groups is 1. The molecule has 0 aromatic heterocycles. The molecule has 0 amide bonds. The number of hydrogen-bond acceptors (Lipinski definition) is 3. The van der Waals surface area contributed by atoms with Gasteiger partial charge in [-0.25, -0.2) is 4.39 Å². The van der Waals surface area contributed by atoms with Crippen LogP contribution in [-0.4, -0.2) is 33.7 Å². The molecule has 2 atom stereocenters. The van der Waals surface area contributed by atoms with Crippen LogP contribution in [0.2, 0.25) is 0 Å². The number of nitrogens with zero attached hydrogens (tertiary/aromatic N) is 1. The van der Waals surface area contributed by atoms with E-state index in [1.807, 2.05) is 13.8 Å². The molecular formula is C14H20FNO3. The Morgan fingerprint density at radius 3 is 2.53 bits per heavy atom. The zero-order valence-corrected chi connectivity index (χ0v) is 11.4. The number of phenols is 1. The van der Waals surface area contributed by atoms with Gasteiger partial charge in [-0.1, -0.05) is 13.0 Å². The summed E-state index contributed by atoms with van der Waals surface area (Å²) in [5.41, 5.74) is 0.388. The second-order valence-corrected chi connectivity index (χ2v) is 4.71. The summed E-state index contributed by atoms with van der Waals surface area (Å²) in [5.74, 6) is -1.60. The molecule has 2 N–H and O–H groups in total. The lowest BCUT2D eigenvalue weighted by atomic mass is 10.0.